The lowest BCUT2D eigenvalue weighted by Crippen LogP contribution is -1.99. The zero-order chi connectivity index (χ0) is 12.8. The van der Waals surface area contributed by atoms with Gasteiger partial charge in [-0.2, -0.15) is 10.4 Å². The monoisotopic (exact) mass is 249 g/mol. The number of nitrogens with zero attached hydrogens (tertiary/aromatic N) is 4. The van der Waals surface area contributed by atoms with Crippen LogP contribution in [0.4, 0.5) is 5.69 Å². The van der Waals surface area contributed by atoms with Crippen LogP contribution in [0.2, 0.25) is 5.02 Å². The lowest BCUT2D eigenvalue weighted by Gasteiger charge is -2.02. The van der Waals surface area contributed by atoms with Crippen LogP contribution in [-0.2, 0) is 0 Å². The minimum atomic E-state index is 0.391. The van der Waals surface area contributed by atoms with Gasteiger partial charge in [-0.15, -0.1) is 0 Å². The lowest BCUT2D eigenvalue weighted by molar-refractivity contribution is 0.847. The van der Waals surface area contributed by atoms with E-state index in [4.69, 9.17) is 22.6 Å². The van der Waals surface area contributed by atoms with E-state index in [1.807, 2.05) is 19.9 Å². The van der Waals surface area contributed by atoms with Crippen LogP contribution in [0, 0.1) is 11.3 Å². The van der Waals surface area contributed by atoms with E-state index in [0.29, 0.717) is 22.1 Å². The molecule has 17 heavy (non-hydrogen) atoms. The van der Waals surface area contributed by atoms with Gasteiger partial charge >= 0.3 is 0 Å². The molecule has 0 aliphatic heterocycles. The fourth-order valence-corrected chi connectivity index (χ4v) is 1.37. The van der Waals surface area contributed by atoms with Gasteiger partial charge < -0.3 is 5.73 Å². The van der Waals surface area contributed by atoms with Crippen molar-refractivity contribution in [3.05, 3.63) is 35.2 Å². The maximum absolute atomic E-state index is 8.63. The largest absolute Gasteiger partial charge is 0.397 e. The molecule has 2 rings (SSSR count). The van der Waals surface area contributed by atoms with Crippen molar-refractivity contribution in [2.24, 2.45) is 0 Å². The fourth-order valence-electron chi connectivity index (χ4n) is 1.11. The quantitative estimate of drug-likeness (QED) is 0.842. The third kappa shape index (κ3) is 2.95. The summed E-state index contributed by atoms with van der Waals surface area (Å²) >= 11 is 5.93. The van der Waals surface area contributed by atoms with Crippen LogP contribution in [0.5, 0.6) is 0 Å². The number of halogens is 1. The molecule has 0 fully saturated rings. The second-order valence-electron chi connectivity index (χ2n) is 2.86. The Morgan fingerprint density at radius 2 is 2.12 bits per heavy atom. The number of hydrogen-bond donors (Lipinski definition) is 1. The topological polar surface area (TPSA) is 80.5 Å². The Kier molecular flexibility index (Phi) is 4.49. The summed E-state index contributed by atoms with van der Waals surface area (Å²) in [7, 11) is 0. The van der Waals surface area contributed by atoms with E-state index < -0.39 is 0 Å². The maximum Gasteiger partial charge on any atom is 0.172 e. The zero-order valence-electron chi connectivity index (χ0n) is 9.55. The van der Waals surface area contributed by atoms with Crippen LogP contribution in [0.15, 0.2) is 24.7 Å². The molecule has 2 heterocycles. The molecule has 0 atom stereocenters. The van der Waals surface area contributed by atoms with E-state index in [0.717, 1.165) is 0 Å². The van der Waals surface area contributed by atoms with Crippen LogP contribution in [0.25, 0.3) is 5.82 Å². The fraction of sp³-hybridized carbons (Fsp3) is 0.182. The number of nitrogen functional groups attached to an aromatic ring is 1. The maximum atomic E-state index is 8.63. The minimum absolute atomic E-state index is 0.391. The van der Waals surface area contributed by atoms with Gasteiger partial charge in [0.2, 0.25) is 0 Å². The highest BCUT2D eigenvalue weighted by Gasteiger charge is 2.06. The average molecular weight is 250 g/mol. The van der Waals surface area contributed by atoms with Gasteiger partial charge in [0, 0.05) is 0 Å². The second kappa shape index (κ2) is 5.87. The molecule has 5 nitrogen and oxygen atoms in total. The number of pyridine rings is 1. The number of hydrogen-bond acceptors (Lipinski definition) is 4. The third-order valence-electron chi connectivity index (χ3n) is 1.77. The first kappa shape index (κ1) is 13.0. The van der Waals surface area contributed by atoms with Gasteiger partial charge in [-0.3, -0.25) is 0 Å². The summed E-state index contributed by atoms with van der Waals surface area (Å²) in [5.41, 5.74) is 6.44. The normalized spacial score (nSPS) is 9.06. The van der Waals surface area contributed by atoms with E-state index >= 15 is 0 Å². The molecular formula is C11H12ClN5. The van der Waals surface area contributed by atoms with E-state index in [1.54, 1.807) is 12.3 Å². The predicted octanol–water partition coefficient (Wildman–Crippen LogP) is 2.40. The SMILES string of the molecule is CC.N#Cc1cnn(-c2ncc(N)cc2Cl)c1. The van der Waals surface area contributed by atoms with E-state index in [1.165, 1.54) is 17.1 Å². The summed E-state index contributed by atoms with van der Waals surface area (Å²) in [5.74, 6) is 0.451. The number of anilines is 1. The number of nitrogens with two attached hydrogens (primary N) is 1. The highest BCUT2D eigenvalue weighted by molar-refractivity contribution is 6.32. The Labute approximate surface area is 104 Å². The molecule has 0 amide bonds. The molecule has 88 valence electrons. The standard InChI is InChI=1S/C9H6ClN5.C2H6/c10-8-1-7(12)4-13-9(8)15-5-6(2-11)3-14-15;1-2/h1,3-5H,12H2;1-2H3. The summed E-state index contributed by atoms with van der Waals surface area (Å²) in [6.07, 6.45) is 4.47. The molecule has 2 N–H and O–H groups in total. The minimum Gasteiger partial charge on any atom is -0.397 e. The molecule has 0 unspecified atom stereocenters. The van der Waals surface area contributed by atoms with Crippen LogP contribution in [-0.4, -0.2) is 14.8 Å². The first-order valence-corrected chi connectivity index (χ1v) is 5.44. The van der Waals surface area contributed by atoms with E-state index in [-0.39, 0.29) is 0 Å². The molecule has 0 saturated heterocycles. The van der Waals surface area contributed by atoms with Crippen molar-refractivity contribution in [3.63, 3.8) is 0 Å². The van der Waals surface area contributed by atoms with E-state index in [2.05, 4.69) is 10.1 Å². The van der Waals surface area contributed by atoms with Crippen molar-refractivity contribution in [3.8, 4) is 11.9 Å². The van der Waals surface area contributed by atoms with Gasteiger partial charge in [-0.05, 0) is 6.07 Å². The molecule has 2 aromatic heterocycles. The Hall–Kier alpha value is -2.06. The molecule has 0 aromatic carbocycles. The summed E-state index contributed by atoms with van der Waals surface area (Å²) in [6.45, 7) is 4.00. The molecule has 2 aromatic rings. The Balaban J connectivity index is 0.000000686. The second-order valence-corrected chi connectivity index (χ2v) is 3.27. The van der Waals surface area contributed by atoms with E-state index in [9.17, 15) is 0 Å². The summed E-state index contributed by atoms with van der Waals surface area (Å²) in [5, 5.41) is 13.0. The van der Waals surface area contributed by atoms with Crippen molar-refractivity contribution < 1.29 is 0 Å². The molecule has 6 heteroatoms. The molecular weight excluding hydrogens is 238 g/mol. The van der Waals surface area contributed by atoms with Gasteiger partial charge in [0.15, 0.2) is 5.82 Å². The molecule has 0 bridgehead atoms. The summed E-state index contributed by atoms with van der Waals surface area (Å²) < 4.78 is 1.43. The molecule has 0 aliphatic rings. The Bertz CT molecular complexity index is 541. The predicted molar refractivity (Wildman–Crippen MR) is 66.8 cm³/mol. The molecule has 0 radical (unpaired) electrons. The number of nitriles is 1. The van der Waals surface area contributed by atoms with Crippen molar-refractivity contribution in [2.75, 3.05) is 5.73 Å². The number of rotatable bonds is 1. The van der Waals surface area contributed by atoms with Crippen molar-refractivity contribution >= 4 is 17.3 Å². The summed E-state index contributed by atoms with van der Waals surface area (Å²) in [6, 6.07) is 3.55. The van der Waals surface area contributed by atoms with Crippen molar-refractivity contribution in [1.82, 2.24) is 14.8 Å². The highest BCUT2D eigenvalue weighted by Crippen LogP contribution is 2.19. The van der Waals surface area contributed by atoms with Gasteiger partial charge in [0.1, 0.15) is 6.07 Å². The average Bonchev–Trinajstić information content (AvgIpc) is 2.80. The van der Waals surface area contributed by atoms with Crippen LogP contribution >= 0.6 is 11.6 Å². The van der Waals surface area contributed by atoms with Crippen LogP contribution < -0.4 is 5.73 Å². The number of aromatic nitrogens is 3. The molecule has 0 saturated carbocycles. The molecule has 0 aliphatic carbocycles. The van der Waals surface area contributed by atoms with Gasteiger partial charge in [0.25, 0.3) is 0 Å². The highest BCUT2D eigenvalue weighted by atomic mass is 35.5. The lowest BCUT2D eigenvalue weighted by atomic mass is 10.4. The first-order chi connectivity index (χ1) is 8.20. The van der Waals surface area contributed by atoms with Gasteiger partial charge in [-0.25, -0.2) is 9.67 Å². The zero-order valence-corrected chi connectivity index (χ0v) is 10.3. The molecule has 0 spiro atoms. The Morgan fingerprint density at radius 3 is 2.65 bits per heavy atom. The van der Waals surface area contributed by atoms with Gasteiger partial charge in [0.05, 0.1) is 34.9 Å². The van der Waals surface area contributed by atoms with Crippen LogP contribution in [0.3, 0.4) is 0 Å². The van der Waals surface area contributed by atoms with Crippen LogP contribution in [0.1, 0.15) is 19.4 Å². The summed E-state index contributed by atoms with van der Waals surface area (Å²) in [4.78, 5) is 4.03. The van der Waals surface area contributed by atoms with Crippen molar-refractivity contribution in [1.29, 1.82) is 5.26 Å². The smallest absolute Gasteiger partial charge is 0.172 e. The Morgan fingerprint density at radius 1 is 1.41 bits per heavy atom. The van der Waals surface area contributed by atoms with Crippen molar-refractivity contribution in [2.45, 2.75) is 13.8 Å². The third-order valence-corrected chi connectivity index (χ3v) is 2.05. The van der Waals surface area contributed by atoms with Gasteiger partial charge in [-0.1, -0.05) is 25.4 Å². The first-order valence-electron chi connectivity index (χ1n) is 5.07.